The Morgan fingerprint density at radius 3 is 2.65 bits per heavy atom. The Morgan fingerprint density at radius 2 is 2.10 bits per heavy atom. The molecule has 1 amide bonds. The zero-order chi connectivity index (χ0) is 14.5. The van der Waals surface area contributed by atoms with Gasteiger partial charge in [0.25, 0.3) is 0 Å². The van der Waals surface area contributed by atoms with Crippen molar-refractivity contribution >= 4 is 5.91 Å². The lowest BCUT2D eigenvalue weighted by Crippen LogP contribution is -2.30. The first-order valence-corrected chi connectivity index (χ1v) is 7.28. The molecule has 4 nitrogen and oxygen atoms in total. The van der Waals surface area contributed by atoms with Crippen molar-refractivity contribution in [3.05, 3.63) is 29.8 Å². The van der Waals surface area contributed by atoms with E-state index in [-0.39, 0.29) is 5.91 Å². The highest BCUT2D eigenvalue weighted by atomic mass is 16.5. The number of benzene rings is 1. The van der Waals surface area contributed by atoms with Crippen LogP contribution in [0.25, 0.3) is 0 Å². The number of aliphatic hydroxyl groups is 1. The maximum atomic E-state index is 11.7. The minimum absolute atomic E-state index is 0.138. The average Bonchev–Trinajstić information content (AvgIpc) is 2.75. The maximum Gasteiger partial charge on any atom is 0.223 e. The van der Waals surface area contributed by atoms with Crippen LogP contribution >= 0.6 is 0 Å². The number of carbonyl (C=O) groups is 1. The molecule has 0 aromatic heterocycles. The number of hydrogen-bond acceptors (Lipinski definition) is 3. The second-order valence-electron chi connectivity index (χ2n) is 5.54. The second kappa shape index (κ2) is 6.75. The summed E-state index contributed by atoms with van der Waals surface area (Å²) < 4.78 is 5.51. The summed E-state index contributed by atoms with van der Waals surface area (Å²) in [6.07, 6.45) is 0.931. The first-order chi connectivity index (χ1) is 9.60. The largest absolute Gasteiger partial charge is 0.494 e. The van der Waals surface area contributed by atoms with Gasteiger partial charge in [0.05, 0.1) is 19.3 Å². The molecule has 0 bridgehead atoms. The van der Waals surface area contributed by atoms with Crippen LogP contribution in [0.5, 0.6) is 5.75 Å². The highest BCUT2D eigenvalue weighted by Gasteiger charge is 2.28. The molecule has 0 radical (unpaired) electrons. The molecular formula is C16H23NO3. The molecule has 0 saturated carbocycles. The number of aliphatic hydroxyl groups excluding tert-OH is 1. The minimum atomic E-state index is -0.635. The Hall–Kier alpha value is -1.55. The summed E-state index contributed by atoms with van der Waals surface area (Å²) in [5.41, 5.74) is 0.821. The van der Waals surface area contributed by atoms with Gasteiger partial charge in [0.2, 0.25) is 5.91 Å². The third kappa shape index (κ3) is 3.73. The minimum Gasteiger partial charge on any atom is -0.494 e. The van der Waals surface area contributed by atoms with Crippen molar-refractivity contribution in [1.82, 2.24) is 4.90 Å². The highest BCUT2D eigenvalue weighted by molar-refractivity contribution is 5.78. The van der Waals surface area contributed by atoms with Gasteiger partial charge in [-0.3, -0.25) is 4.79 Å². The Morgan fingerprint density at radius 1 is 1.40 bits per heavy atom. The molecule has 1 heterocycles. The Balaban J connectivity index is 1.92. The SMILES string of the molecule is CCCOc1ccc(C(O)CN2CC(C)CC2=O)cc1. The van der Waals surface area contributed by atoms with Crippen molar-refractivity contribution in [2.45, 2.75) is 32.8 Å². The highest BCUT2D eigenvalue weighted by Crippen LogP contribution is 2.23. The summed E-state index contributed by atoms with van der Waals surface area (Å²) in [4.78, 5) is 13.5. The van der Waals surface area contributed by atoms with Gasteiger partial charge in [-0.05, 0) is 30.0 Å². The fraction of sp³-hybridized carbons (Fsp3) is 0.562. The zero-order valence-electron chi connectivity index (χ0n) is 12.2. The molecular weight excluding hydrogens is 254 g/mol. The van der Waals surface area contributed by atoms with Crippen LogP contribution < -0.4 is 4.74 Å². The normalized spacial score (nSPS) is 20.2. The van der Waals surface area contributed by atoms with Crippen molar-refractivity contribution in [3.63, 3.8) is 0 Å². The van der Waals surface area contributed by atoms with E-state index >= 15 is 0 Å². The molecule has 1 saturated heterocycles. The summed E-state index contributed by atoms with van der Waals surface area (Å²) in [5.74, 6) is 1.34. The van der Waals surface area contributed by atoms with Gasteiger partial charge in [-0.15, -0.1) is 0 Å². The van der Waals surface area contributed by atoms with Crippen LogP contribution in [0, 0.1) is 5.92 Å². The van der Waals surface area contributed by atoms with Crippen LogP contribution in [-0.2, 0) is 4.79 Å². The number of amides is 1. The van der Waals surface area contributed by atoms with E-state index in [0.717, 1.165) is 24.3 Å². The Kier molecular flexibility index (Phi) is 5.01. The Labute approximate surface area is 120 Å². The van der Waals surface area contributed by atoms with E-state index in [2.05, 4.69) is 13.8 Å². The van der Waals surface area contributed by atoms with Crippen LogP contribution in [0.3, 0.4) is 0 Å². The van der Waals surface area contributed by atoms with Gasteiger partial charge < -0.3 is 14.7 Å². The predicted octanol–water partition coefficient (Wildman–Crippen LogP) is 2.38. The molecule has 2 unspecified atom stereocenters. The molecule has 2 atom stereocenters. The fourth-order valence-corrected chi connectivity index (χ4v) is 2.47. The number of likely N-dealkylation sites (tertiary alicyclic amines) is 1. The van der Waals surface area contributed by atoms with Crippen molar-refractivity contribution in [2.75, 3.05) is 19.7 Å². The van der Waals surface area contributed by atoms with Crippen LogP contribution in [-0.4, -0.2) is 35.6 Å². The second-order valence-corrected chi connectivity index (χ2v) is 5.54. The number of nitrogens with zero attached hydrogens (tertiary/aromatic N) is 1. The monoisotopic (exact) mass is 277 g/mol. The van der Waals surface area contributed by atoms with Gasteiger partial charge in [-0.1, -0.05) is 26.0 Å². The van der Waals surface area contributed by atoms with E-state index in [1.165, 1.54) is 0 Å². The lowest BCUT2D eigenvalue weighted by molar-refractivity contribution is -0.129. The van der Waals surface area contributed by atoms with E-state index in [0.29, 0.717) is 25.5 Å². The number of carbonyl (C=O) groups excluding carboxylic acids is 1. The number of rotatable bonds is 6. The van der Waals surface area contributed by atoms with Crippen molar-refractivity contribution in [3.8, 4) is 5.75 Å². The molecule has 1 fully saturated rings. The lowest BCUT2D eigenvalue weighted by atomic mass is 10.1. The molecule has 1 aliphatic heterocycles. The zero-order valence-corrected chi connectivity index (χ0v) is 12.2. The topological polar surface area (TPSA) is 49.8 Å². The van der Waals surface area contributed by atoms with Crippen LogP contribution in [0.15, 0.2) is 24.3 Å². The van der Waals surface area contributed by atoms with Crippen molar-refractivity contribution < 1.29 is 14.6 Å². The predicted molar refractivity (Wildman–Crippen MR) is 77.5 cm³/mol. The van der Waals surface area contributed by atoms with Gasteiger partial charge in [0.15, 0.2) is 0 Å². The van der Waals surface area contributed by atoms with Gasteiger partial charge in [-0.25, -0.2) is 0 Å². The quantitative estimate of drug-likeness (QED) is 0.868. The summed E-state index contributed by atoms with van der Waals surface area (Å²) in [7, 11) is 0. The molecule has 0 spiro atoms. The number of hydrogen-bond donors (Lipinski definition) is 1. The van der Waals surface area contributed by atoms with Crippen LogP contribution in [0.1, 0.15) is 38.4 Å². The fourth-order valence-electron chi connectivity index (χ4n) is 2.47. The molecule has 4 heteroatoms. The summed E-state index contributed by atoms with van der Waals surface area (Å²) in [6, 6.07) is 7.45. The van der Waals surface area contributed by atoms with Crippen LogP contribution in [0.2, 0.25) is 0 Å². The maximum absolute atomic E-state index is 11.7. The van der Waals surface area contributed by atoms with Gasteiger partial charge in [0.1, 0.15) is 5.75 Å². The van der Waals surface area contributed by atoms with Crippen molar-refractivity contribution in [1.29, 1.82) is 0 Å². The van der Waals surface area contributed by atoms with Gasteiger partial charge in [0, 0.05) is 13.0 Å². The smallest absolute Gasteiger partial charge is 0.223 e. The van der Waals surface area contributed by atoms with E-state index in [9.17, 15) is 9.90 Å². The molecule has 2 rings (SSSR count). The van der Waals surface area contributed by atoms with E-state index in [1.54, 1.807) is 4.90 Å². The van der Waals surface area contributed by atoms with Crippen molar-refractivity contribution in [2.24, 2.45) is 5.92 Å². The molecule has 0 aliphatic carbocycles. The van der Waals surface area contributed by atoms with Gasteiger partial charge in [-0.2, -0.15) is 0 Å². The summed E-state index contributed by atoms with van der Waals surface area (Å²) in [6.45, 7) is 5.93. The summed E-state index contributed by atoms with van der Waals surface area (Å²) >= 11 is 0. The first kappa shape index (κ1) is 14.9. The molecule has 1 N–H and O–H groups in total. The lowest BCUT2D eigenvalue weighted by Gasteiger charge is -2.20. The van der Waals surface area contributed by atoms with E-state index < -0.39 is 6.10 Å². The van der Waals surface area contributed by atoms with Crippen LogP contribution in [0.4, 0.5) is 0 Å². The third-order valence-electron chi connectivity index (χ3n) is 3.54. The molecule has 1 aliphatic rings. The molecule has 20 heavy (non-hydrogen) atoms. The third-order valence-corrected chi connectivity index (χ3v) is 3.54. The number of β-amino-alcohol motifs (C(OH)–C–C–N with tert-alkyl or cyclic N) is 1. The summed E-state index contributed by atoms with van der Waals surface area (Å²) in [5, 5.41) is 10.2. The molecule has 1 aromatic carbocycles. The molecule has 1 aromatic rings. The standard InChI is InChI=1S/C16H23NO3/c1-3-8-20-14-6-4-13(5-7-14)15(18)11-17-10-12(2)9-16(17)19/h4-7,12,15,18H,3,8-11H2,1-2H3. The van der Waals surface area contributed by atoms with E-state index in [1.807, 2.05) is 24.3 Å². The van der Waals surface area contributed by atoms with E-state index in [4.69, 9.17) is 4.74 Å². The first-order valence-electron chi connectivity index (χ1n) is 7.28. The Bertz CT molecular complexity index is 444. The number of ether oxygens (including phenoxy) is 1. The van der Waals surface area contributed by atoms with Gasteiger partial charge >= 0.3 is 0 Å². The molecule has 110 valence electrons. The average molecular weight is 277 g/mol.